The summed E-state index contributed by atoms with van der Waals surface area (Å²) in [6.07, 6.45) is 2.62. The zero-order valence-electron chi connectivity index (χ0n) is 11.6. The number of nitrogens with zero attached hydrogens (tertiary/aromatic N) is 1. The average Bonchev–Trinajstić information content (AvgIpc) is 2.88. The zero-order chi connectivity index (χ0) is 15.3. The lowest BCUT2D eigenvalue weighted by Crippen LogP contribution is -2.50. The Kier molecular flexibility index (Phi) is 5.31. The van der Waals surface area contributed by atoms with Gasteiger partial charge in [-0.05, 0) is 26.8 Å². The maximum Gasteiger partial charge on any atom is 0.323 e. The lowest BCUT2D eigenvalue weighted by atomic mass is 10.2. The van der Waals surface area contributed by atoms with Crippen molar-refractivity contribution in [1.82, 2.24) is 10.2 Å². The highest BCUT2D eigenvalue weighted by atomic mass is 16.4. The van der Waals surface area contributed by atoms with Crippen molar-refractivity contribution in [3.8, 4) is 0 Å². The number of carbonyl (C=O) groups excluding carboxylic acids is 2. The van der Waals surface area contributed by atoms with Crippen LogP contribution < -0.4 is 5.32 Å². The van der Waals surface area contributed by atoms with Gasteiger partial charge >= 0.3 is 5.97 Å². The summed E-state index contributed by atoms with van der Waals surface area (Å²) in [5.74, 6) is -1.99. The van der Waals surface area contributed by atoms with Gasteiger partial charge in [-0.2, -0.15) is 0 Å². The largest absolute Gasteiger partial charge is 0.480 e. The number of carbonyl (C=O) groups is 3. The number of aliphatic carboxylic acids is 1. The molecule has 0 aliphatic heterocycles. The fourth-order valence-corrected chi connectivity index (χ4v) is 1.64. The van der Waals surface area contributed by atoms with Crippen LogP contribution >= 0.6 is 0 Å². The second kappa shape index (κ2) is 6.74. The first-order valence-electron chi connectivity index (χ1n) is 6.18. The van der Waals surface area contributed by atoms with Crippen molar-refractivity contribution in [2.75, 3.05) is 6.54 Å². The lowest BCUT2D eigenvalue weighted by Gasteiger charge is -2.28. The molecule has 0 saturated heterocycles. The maximum absolute atomic E-state index is 12.1. The zero-order valence-corrected chi connectivity index (χ0v) is 11.6. The number of hydrogen-bond donors (Lipinski definition) is 2. The molecule has 0 aromatic carbocycles. The minimum atomic E-state index is -1.10. The van der Waals surface area contributed by atoms with Crippen LogP contribution in [-0.4, -0.2) is 46.4 Å². The molecule has 0 saturated carbocycles. The highest BCUT2D eigenvalue weighted by Crippen LogP contribution is 2.04. The second-order valence-corrected chi connectivity index (χ2v) is 4.66. The highest BCUT2D eigenvalue weighted by Gasteiger charge is 2.26. The quantitative estimate of drug-likeness (QED) is 0.800. The minimum absolute atomic E-state index is 0.271. The number of carboxylic acids is 1. The Bertz CT molecular complexity index is 481. The normalized spacial score (nSPS) is 12.0. The van der Waals surface area contributed by atoms with E-state index in [0.29, 0.717) is 5.56 Å². The van der Waals surface area contributed by atoms with E-state index in [2.05, 4.69) is 5.32 Å². The van der Waals surface area contributed by atoms with Crippen molar-refractivity contribution >= 4 is 17.8 Å². The molecular formula is C13H18N2O5. The van der Waals surface area contributed by atoms with Gasteiger partial charge in [0.25, 0.3) is 5.91 Å². The fraction of sp³-hybridized carbons (Fsp3) is 0.462. The number of amides is 2. The van der Waals surface area contributed by atoms with E-state index in [4.69, 9.17) is 9.52 Å². The van der Waals surface area contributed by atoms with Gasteiger partial charge in [0.2, 0.25) is 5.91 Å². The summed E-state index contributed by atoms with van der Waals surface area (Å²) in [5, 5.41) is 11.3. The van der Waals surface area contributed by atoms with Gasteiger partial charge in [-0.25, -0.2) is 0 Å². The van der Waals surface area contributed by atoms with Crippen molar-refractivity contribution < 1.29 is 23.9 Å². The van der Waals surface area contributed by atoms with Crippen LogP contribution in [0.5, 0.6) is 0 Å². The molecule has 0 fully saturated rings. The molecule has 0 radical (unpaired) electrons. The van der Waals surface area contributed by atoms with E-state index in [9.17, 15) is 14.4 Å². The molecule has 0 bridgehead atoms. The Morgan fingerprint density at radius 1 is 1.35 bits per heavy atom. The maximum atomic E-state index is 12.1. The van der Waals surface area contributed by atoms with E-state index in [-0.39, 0.29) is 6.04 Å². The van der Waals surface area contributed by atoms with Crippen LogP contribution in [-0.2, 0) is 9.59 Å². The van der Waals surface area contributed by atoms with Crippen LogP contribution in [0.1, 0.15) is 31.1 Å². The average molecular weight is 282 g/mol. The first-order chi connectivity index (χ1) is 9.32. The molecule has 1 aromatic heterocycles. The van der Waals surface area contributed by atoms with E-state index in [1.54, 1.807) is 13.8 Å². The van der Waals surface area contributed by atoms with Crippen LogP contribution in [0.3, 0.4) is 0 Å². The number of furan rings is 1. The molecule has 1 atom stereocenters. The van der Waals surface area contributed by atoms with Crippen LogP contribution in [0.2, 0.25) is 0 Å². The predicted octanol–water partition coefficient (Wildman–Crippen LogP) is 0.720. The van der Waals surface area contributed by atoms with Crippen molar-refractivity contribution in [2.24, 2.45) is 0 Å². The first-order valence-corrected chi connectivity index (χ1v) is 6.18. The number of nitrogens with one attached hydrogen (secondary N) is 1. The third kappa shape index (κ3) is 4.11. The van der Waals surface area contributed by atoms with E-state index in [0.717, 1.165) is 0 Å². The number of rotatable bonds is 6. The SMILES string of the molecule is CC(NC(=O)c1ccoc1)C(=O)N(CC(=O)O)C(C)C. The van der Waals surface area contributed by atoms with E-state index < -0.39 is 30.4 Å². The van der Waals surface area contributed by atoms with Crippen molar-refractivity contribution in [3.05, 3.63) is 24.2 Å². The van der Waals surface area contributed by atoms with Crippen LogP contribution in [0, 0.1) is 0 Å². The van der Waals surface area contributed by atoms with Gasteiger partial charge < -0.3 is 19.7 Å². The molecule has 1 unspecified atom stereocenters. The van der Waals surface area contributed by atoms with Gasteiger partial charge in [-0.3, -0.25) is 14.4 Å². The van der Waals surface area contributed by atoms with Crippen LogP contribution in [0.25, 0.3) is 0 Å². The van der Waals surface area contributed by atoms with E-state index in [1.807, 2.05) is 0 Å². The van der Waals surface area contributed by atoms with E-state index >= 15 is 0 Å². The third-order valence-corrected chi connectivity index (χ3v) is 2.71. The molecule has 2 amide bonds. The van der Waals surface area contributed by atoms with E-state index in [1.165, 1.54) is 30.4 Å². The molecule has 0 aliphatic carbocycles. The minimum Gasteiger partial charge on any atom is -0.480 e. The van der Waals surface area contributed by atoms with Gasteiger partial charge in [-0.1, -0.05) is 0 Å². The van der Waals surface area contributed by atoms with Crippen molar-refractivity contribution in [2.45, 2.75) is 32.9 Å². The summed E-state index contributed by atoms with van der Waals surface area (Å²) in [4.78, 5) is 35.9. The molecule has 0 aliphatic rings. The van der Waals surface area contributed by atoms with Gasteiger partial charge in [0, 0.05) is 6.04 Å². The summed E-state index contributed by atoms with van der Waals surface area (Å²) >= 11 is 0. The summed E-state index contributed by atoms with van der Waals surface area (Å²) in [6.45, 7) is 4.54. The van der Waals surface area contributed by atoms with Gasteiger partial charge in [0.1, 0.15) is 18.8 Å². The summed E-state index contributed by atoms with van der Waals surface area (Å²) in [6, 6.07) is 0.385. The van der Waals surface area contributed by atoms with Crippen molar-refractivity contribution in [3.63, 3.8) is 0 Å². The Morgan fingerprint density at radius 2 is 2.00 bits per heavy atom. The third-order valence-electron chi connectivity index (χ3n) is 2.71. The highest BCUT2D eigenvalue weighted by molar-refractivity contribution is 5.97. The topological polar surface area (TPSA) is 99.9 Å². The Hall–Kier alpha value is -2.31. The summed E-state index contributed by atoms with van der Waals surface area (Å²) in [5.41, 5.74) is 0.305. The standard InChI is InChI=1S/C13H18N2O5/c1-8(2)15(6-11(16)17)13(19)9(3)14-12(18)10-4-5-20-7-10/h4-5,7-9H,6H2,1-3H3,(H,14,18)(H,16,17). The number of hydrogen-bond acceptors (Lipinski definition) is 4. The molecule has 2 N–H and O–H groups in total. The summed E-state index contributed by atoms with van der Waals surface area (Å²) < 4.78 is 4.78. The molecule has 1 heterocycles. The van der Waals surface area contributed by atoms with Crippen LogP contribution in [0.15, 0.2) is 23.0 Å². The Balaban J connectivity index is 2.69. The summed E-state index contributed by atoms with van der Waals surface area (Å²) in [7, 11) is 0. The molecule has 1 aromatic rings. The second-order valence-electron chi connectivity index (χ2n) is 4.66. The van der Waals surface area contributed by atoms with Gasteiger partial charge in [0.15, 0.2) is 0 Å². The predicted molar refractivity (Wildman–Crippen MR) is 70.1 cm³/mol. The van der Waals surface area contributed by atoms with Gasteiger partial charge in [-0.15, -0.1) is 0 Å². The molecule has 7 nitrogen and oxygen atoms in total. The Labute approximate surface area is 116 Å². The molecule has 110 valence electrons. The molecule has 20 heavy (non-hydrogen) atoms. The first kappa shape index (κ1) is 15.7. The molecule has 7 heteroatoms. The molecule has 0 spiro atoms. The fourth-order valence-electron chi connectivity index (χ4n) is 1.64. The molecular weight excluding hydrogens is 264 g/mol. The smallest absolute Gasteiger partial charge is 0.323 e. The molecule has 1 rings (SSSR count). The lowest BCUT2D eigenvalue weighted by molar-refractivity contribution is -0.146. The van der Waals surface area contributed by atoms with Crippen molar-refractivity contribution in [1.29, 1.82) is 0 Å². The van der Waals surface area contributed by atoms with Gasteiger partial charge in [0.05, 0.1) is 11.8 Å². The number of carboxylic acid groups (broad SMARTS) is 1. The monoisotopic (exact) mass is 282 g/mol. The Morgan fingerprint density at radius 3 is 2.45 bits per heavy atom. The van der Waals surface area contributed by atoms with Crippen LogP contribution in [0.4, 0.5) is 0 Å².